The molecule has 8 nitrogen and oxygen atoms in total. The van der Waals surface area contributed by atoms with Gasteiger partial charge in [0.2, 0.25) is 0 Å². The van der Waals surface area contributed by atoms with E-state index in [0.717, 1.165) is 16.8 Å². The van der Waals surface area contributed by atoms with Crippen LogP contribution in [0.4, 0.5) is 15.6 Å². The summed E-state index contributed by atoms with van der Waals surface area (Å²) in [5, 5.41) is 16.0. The first-order valence-electron chi connectivity index (χ1n) is 8.61. The van der Waals surface area contributed by atoms with E-state index in [2.05, 4.69) is 15.3 Å². The predicted octanol–water partition coefficient (Wildman–Crippen LogP) is 4.56. The van der Waals surface area contributed by atoms with Crippen LogP contribution in [0.15, 0.2) is 54.2 Å². The van der Waals surface area contributed by atoms with Gasteiger partial charge in [-0.05, 0) is 31.5 Å². The van der Waals surface area contributed by atoms with Crippen molar-refractivity contribution in [3.8, 4) is 11.3 Å². The second-order valence-electron chi connectivity index (χ2n) is 6.35. The summed E-state index contributed by atoms with van der Waals surface area (Å²) in [5.74, 6) is 0. The third-order valence-electron chi connectivity index (χ3n) is 4.06. The first kappa shape index (κ1) is 19.4. The molecule has 0 bridgehead atoms. The Labute approximate surface area is 166 Å². The van der Waals surface area contributed by atoms with Gasteiger partial charge in [0, 0.05) is 48.1 Å². The summed E-state index contributed by atoms with van der Waals surface area (Å²) < 4.78 is 0. The van der Waals surface area contributed by atoms with Crippen LogP contribution in [-0.2, 0) is 6.54 Å². The number of nitrogens with one attached hydrogen (secondary N) is 1. The summed E-state index contributed by atoms with van der Waals surface area (Å²) in [5.41, 5.74) is 2.46. The molecule has 28 heavy (non-hydrogen) atoms. The number of benzene rings is 1. The molecule has 1 N–H and O–H groups in total. The number of urea groups is 1. The minimum Gasteiger partial charge on any atom is -0.318 e. The minimum atomic E-state index is -0.445. The van der Waals surface area contributed by atoms with Gasteiger partial charge in [0.05, 0.1) is 10.6 Å². The molecule has 3 aromatic rings. The van der Waals surface area contributed by atoms with Crippen molar-refractivity contribution in [3.05, 3.63) is 69.8 Å². The van der Waals surface area contributed by atoms with Crippen molar-refractivity contribution in [1.29, 1.82) is 0 Å². The van der Waals surface area contributed by atoms with E-state index in [4.69, 9.17) is 0 Å². The Hall–Kier alpha value is -3.33. The number of thiazole rings is 1. The number of nitro benzene ring substituents is 1. The van der Waals surface area contributed by atoms with Gasteiger partial charge < -0.3 is 4.90 Å². The molecule has 0 saturated carbocycles. The number of carbonyl (C=O) groups is 1. The quantitative estimate of drug-likeness (QED) is 0.485. The summed E-state index contributed by atoms with van der Waals surface area (Å²) in [6.07, 6.45) is 3.41. The number of hydrogen-bond donors (Lipinski definition) is 1. The molecule has 0 spiro atoms. The van der Waals surface area contributed by atoms with Crippen LogP contribution < -0.4 is 5.32 Å². The van der Waals surface area contributed by atoms with Gasteiger partial charge in [0.1, 0.15) is 0 Å². The van der Waals surface area contributed by atoms with Crippen molar-refractivity contribution in [2.45, 2.75) is 26.4 Å². The van der Waals surface area contributed by atoms with Crippen molar-refractivity contribution < 1.29 is 9.72 Å². The number of hydrogen-bond acceptors (Lipinski definition) is 6. The van der Waals surface area contributed by atoms with E-state index < -0.39 is 4.92 Å². The van der Waals surface area contributed by atoms with Crippen LogP contribution in [0, 0.1) is 10.1 Å². The number of aromatic nitrogens is 2. The molecule has 0 radical (unpaired) electrons. The average Bonchev–Trinajstić information content (AvgIpc) is 3.15. The Morgan fingerprint density at radius 3 is 2.64 bits per heavy atom. The van der Waals surface area contributed by atoms with Crippen LogP contribution >= 0.6 is 11.3 Å². The Morgan fingerprint density at radius 1 is 1.29 bits per heavy atom. The highest BCUT2D eigenvalue weighted by molar-refractivity contribution is 7.14. The topological polar surface area (TPSA) is 101 Å². The fraction of sp³-hybridized carbons (Fsp3) is 0.211. The van der Waals surface area contributed by atoms with E-state index >= 15 is 0 Å². The SMILES string of the molecule is CC(C)N(Cc1ccc([N+](=O)[O-])cc1)C(=O)Nc1nc(-c2cccnc2)cs1. The molecule has 0 aliphatic rings. The molecule has 2 aromatic heterocycles. The molecule has 1 aromatic carbocycles. The zero-order valence-corrected chi connectivity index (χ0v) is 16.2. The van der Waals surface area contributed by atoms with Crippen molar-refractivity contribution in [2.75, 3.05) is 5.32 Å². The molecule has 0 fully saturated rings. The second-order valence-corrected chi connectivity index (χ2v) is 7.21. The predicted molar refractivity (Wildman–Crippen MR) is 108 cm³/mol. The highest BCUT2D eigenvalue weighted by atomic mass is 32.1. The zero-order chi connectivity index (χ0) is 20.1. The molecule has 144 valence electrons. The molecule has 0 unspecified atom stereocenters. The molecular weight excluding hydrogens is 378 g/mol. The summed E-state index contributed by atoms with van der Waals surface area (Å²) in [7, 11) is 0. The summed E-state index contributed by atoms with van der Waals surface area (Å²) in [6.45, 7) is 4.16. The highest BCUT2D eigenvalue weighted by Crippen LogP contribution is 2.24. The molecule has 9 heteroatoms. The normalized spacial score (nSPS) is 10.7. The van der Waals surface area contributed by atoms with Crippen molar-refractivity contribution >= 4 is 28.2 Å². The number of amides is 2. The number of pyridine rings is 1. The third kappa shape index (κ3) is 4.68. The zero-order valence-electron chi connectivity index (χ0n) is 15.4. The second kappa shape index (κ2) is 8.57. The first-order chi connectivity index (χ1) is 13.4. The lowest BCUT2D eigenvalue weighted by Crippen LogP contribution is -2.39. The summed E-state index contributed by atoms with van der Waals surface area (Å²) in [4.78, 5) is 33.2. The van der Waals surface area contributed by atoms with E-state index in [-0.39, 0.29) is 17.8 Å². The lowest BCUT2D eigenvalue weighted by Gasteiger charge is -2.26. The molecule has 3 rings (SSSR count). The van der Waals surface area contributed by atoms with Crippen molar-refractivity contribution in [2.24, 2.45) is 0 Å². The third-order valence-corrected chi connectivity index (χ3v) is 4.82. The Kier molecular flexibility index (Phi) is 5.95. The number of anilines is 1. The van der Waals surface area contributed by atoms with E-state index in [9.17, 15) is 14.9 Å². The maximum absolute atomic E-state index is 12.7. The molecule has 2 heterocycles. The van der Waals surface area contributed by atoms with E-state index in [1.54, 1.807) is 29.4 Å². The number of nitro groups is 1. The average molecular weight is 397 g/mol. The number of carbonyl (C=O) groups excluding carboxylic acids is 1. The maximum atomic E-state index is 12.7. The van der Waals surface area contributed by atoms with Gasteiger partial charge in [-0.1, -0.05) is 12.1 Å². The fourth-order valence-electron chi connectivity index (χ4n) is 2.55. The van der Waals surface area contributed by atoms with Gasteiger partial charge in [-0.2, -0.15) is 0 Å². The van der Waals surface area contributed by atoms with E-state index in [1.807, 2.05) is 31.4 Å². The van der Waals surface area contributed by atoms with Gasteiger partial charge >= 0.3 is 6.03 Å². The molecule has 0 aliphatic heterocycles. The van der Waals surface area contributed by atoms with E-state index in [0.29, 0.717) is 11.7 Å². The van der Waals surface area contributed by atoms with Crippen molar-refractivity contribution in [1.82, 2.24) is 14.9 Å². The number of rotatable bonds is 6. The van der Waals surface area contributed by atoms with Crippen LogP contribution in [0.1, 0.15) is 19.4 Å². The van der Waals surface area contributed by atoms with Gasteiger partial charge in [0.15, 0.2) is 5.13 Å². The van der Waals surface area contributed by atoms with Gasteiger partial charge in [-0.3, -0.25) is 20.4 Å². The molecule has 0 aliphatic carbocycles. The lowest BCUT2D eigenvalue weighted by molar-refractivity contribution is -0.384. The largest absolute Gasteiger partial charge is 0.324 e. The van der Waals surface area contributed by atoms with Crippen LogP contribution in [0.5, 0.6) is 0 Å². The molecule has 0 saturated heterocycles. The lowest BCUT2D eigenvalue weighted by atomic mass is 10.2. The smallest absolute Gasteiger partial charge is 0.318 e. The number of non-ortho nitro benzene ring substituents is 1. The van der Waals surface area contributed by atoms with Crippen LogP contribution in [0.3, 0.4) is 0 Å². The monoisotopic (exact) mass is 397 g/mol. The Morgan fingerprint density at radius 2 is 2.04 bits per heavy atom. The molecular formula is C19H19N5O3S. The van der Waals surface area contributed by atoms with Gasteiger partial charge in [-0.25, -0.2) is 9.78 Å². The molecule has 2 amide bonds. The van der Waals surface area contributed by atoms with Gasteiger partial charge in [-0.15, -0.1) is 11.3 Å². The van der Waals surface area contributed by atoms with Gasteiger partial charge in [0.25, 0.3) is 5.69 Å². The van der Waals surface area contributed by atoms with E-state index in [1.165, 1.54) is 23.5 Å². The highest BCUT2D eigenvalue weighted by Gasteiger charge is 2.19. The Bertz CT molecular complexity index is 957. The van der Waals surface area contributed by atoms with Crippen LogP contribution in [0.2, 0.25) is 0 Å². The molecule has 0 atom stereocenters. The first-order valence-corrected chi connectivity index (χ1v) is 9.49. The minimum absolute atomic E-state index is 0.0232. The standard InChI is InChI=1S/C19H19N5O3S/c1-13(2)23(11-14-5-7-16(8-6-14)24(26)27)19(25)22-18-21-17(12-28-18)15-4-3-9-20-10-15/h3-10,12-13H,11H2,1-2H3,(H,21,22,25). The van der Waals surface area contributed by atoms with Crippen LogP contribution in [-0.4, -0.2) is 31.9 Å². The Balaban J connectivity index is 1.69. The maximum Gasteiger partial charge on any atom is 0.324 e. The number of nitrogens with zero attached hydrogens (tertiary/aromatic N) is 4. The van der Waals surface area contributed by atoms with Crippen LogP contribution in [0.25, 0.3) is 11.3 Å². The van der Waals surface area contributed by atoms with Crippen molar-refractivity contribution in [3.63, 3.8) is 0 Å². The summed E-state index contributed by atoms with van der Waals surface area (Å²) in [6, 6.07) is 9.59. The fourth-order valence-corrected chi connectivity index (χ4v) is 3.26. The summed E-state index contributed by atoms with van der Waals surface area (Å²) >= 11 is 1.34.